The Labute approximate surface area is 114 Å². The summed E-state index contributed by atoms with van der Waals surface area (Å²) < 4.78 is 9.60. The van der Waals surface area contributed by atoms with Gasteiger partial charge in [-0.2, -0.15) is 0 Å². The van der Waals surface area contributed by atoms with Crippen LogP contribution in [0.4, 0.5) is 10.5 Å². The minimum absolute atomic E-state index is 0.191. The monoisotopic (exact) mass is 282 g/mol. The third kappa shape index (κ3) is 4.23. The molecular formula is C12H12NO7-. The van der Waals surface area contributed by atoms with Gasteiger partial charge in [-0.05, 0) is 32.9 Å². The lowest BCUT2D eigenvalue weighted by atomic mass is 10.1. The summed E-state index contributed by atoms with van der Waals surface area (Å²) in [6, 6.07) is 2.83. The smallest absolute Gasteiger partial charge is 0.514 e. The molecule has 8 nitrogen and oxygen atoms in total. The number of aromatic carboxylic acids is 1. The number of hydrogen-bond acceptors (Lipinski definition) is 7. The molecule has 8 heteroatoms. The lowest BCUT2D eigenvalue weighted by Crippen LogP contribution is -2.26. The lowest BCUT2D eigenvalue weighted by Gasteiger charge is -2.18. The van der Waals surface area contributed by atoms with E-state index in [4.69, 9.17) is 9.47 Å². The van der Waals surface area contributed by atoms with Crippen LogP contribution in [-0.2, 0) is 4.74 Å². The van der Waals surface area contributed by atoms with E-state index in [9.17, 15) is 24.8 Å². The molecule has 0 spiro atoms. The van der Waals surface area contributed by atoms with Crippen molar-refractivity contribution in [1.82, 2.24) is 0 Å². The maximum Gasteiger partial charge on any atom is 0.514 e. The molecule has 0 radical (unpaired) electrons. The quantitative estimate of drug-likeness (QED) is 0.354. The molecule has 0 unspecified atom stereocenters. The summed E-state index contributed by atoms with van der Waals surface area (Å²) in [5.74, 6) is -1.93. The highest BCUT2D eigenvalue weighted by atomic mass is 16.7. The topological polar surface area (TPSA) is 119 Å². The van der Waals surface area contributed by atoms with Crippen LogP contribution in [0.2, 0.25) is 0 Å². The summed E-state index contributed by atoms with van der Waals surface area (Å²) in [5, 5.41) is 21.4. The average Bonchev–Trinajstić information content (AvgIpc) is 2.25. The van der Waals surface area contributed by atoms with Gasteiger partial charge in [0.25, 0.3) is 5.69 Å². The zero-order valence-corrected chi connectivity index (χ0v) is 11.0. The van der Waals surface area contributed by atoms with Gasteiger partial charge in [-0.1, -0.05) is 0 Å². The van der Waals surface area contributed by atoms with Gasteiger partial charge in [-0.15, -0.1) is 0 Å². The first-order chi connectivity index (χ1) is 9.10. The number of carboxylic acids is 1. The van der Waals surface area contributed by atoms with Crippen LogP contribution < -0.4 is 9.84 Å². The number of nitro benzene ring substituents is 1. The molecule has 0 heterocycles. The predicted molar refractivity (Wildman–Crippen MR) is 64.3 cm³/mol. The maximum absolute atomic E-state index is 11.4. The fourth-order valence-electron chi connectivity index (χ4n) is 1.27. The molecule has 0 fully saturated rings. The summed E-state index contributed by atoms with van der Waals surface area (Å²) in [6.45, 7) is 4.87. The Morgan fingerprint density at radius 1 is 1.25 bits per heavy atom. The lowest BCUT2D eigenvalue weighted by molar-refractivity contribution is -0.385. The predicted octanol–water partition coefficient (Wildman–Crippen LogP) is 1.27. The molecule has 0 aromatic heterocycles. The van der Waals surface area contributed by atoms with Gasteiger partial charge in [0.1, 0.15) is 11.4 Å². The van der Waals surface area contributed by atoms with Gasteiger partial charge >= 0.3 is 6.16 Å². The number of hydrogen-bond donors (Lipinski definition) is 0. The van der Waals surface area contributed by atoms with Crippen molar-refractivity contribution in [2.24, 2.45) is 0 Å². The highest BCUT2D eigenvalue weighted by Gasteiger charge is 2.20. The van der Waals surface area contributed by atoms with Crippen LogP contribution in [0.1, 0.15) is 31.1 Å². The van der Waals surface area contributed by atoms with Crippen LogP contribution in [0.15, 0.2) is 18.2 Å². The summed E-state index contributed by atoms with van der Waals surface area (Å²) in [4.78, 5) is 31.9. The van der Waals surface area contributed by atoms with Gasteiger partial charge < -0.3 is 19.4 Å². The van der Waals surface area contributed by atoms with Crippen LogP contribution in [0.3, 0.4) is 0 Å². The van der Waals surface area contributed by atoms with Crippen molar-refractivity contribution >= 4 is 17.8 Å². The minimum atomic E-state index is -1.74. The van der Waals surface area contributed by atoms with E-state index in [2.05, 4.69) is 0 Å². The highest BCUT2D eigenvalue weighted by molar-refractivity contribution is 5.91. The van der Waals surface area contributed by atoms with E-state index in [1.807, 2.05) is 0 Å². The van der Waals surface area contributed by atoms with Crippen LogP contribution in [-0.4, -0.2) is 22.6 Å². The Hall–Kier alpha value is -2.64. The number of nitro groups is 1. The van der Waals surface area contributed by atoms with Crippen molar-refractivity contribution in [3.05, 3.63) is 33.9 Å². The van der Waals surface area contributed by atoms with E-state index < -0.39 is 33.9 Å². The third-order valence-electron chi connectivity index (χ3n) is 1.98. The normalized spacial score (nSPS) is 10.8. The Morgan fingerprint density at radius 3 is 2.30 bits per heavy atom. The molecule has 0 saturated heterocycles. The van der Waals surface area contributed by atoms with Gasteiger partial charge in [0, 0.05) is 6.07 Å². The van der Waals surface area contributed by atoms with Gasteiger partial charge in [-0.25, -0.2) is 4.79 Å². The summed E-state index contributed by atoms with van der Waals surface area (Å²) in [7, 11) is 0. The van der Waals surface area contributed by atoms with E-state index >= 15 is 0 Å². The molecular weight excluding hydrogens is 270 g/mol. The molecule has 1 rings (SSSR count). The van der Waals surface area contributed by atoms with E-state index in [1.54, 1.807) is 20.8 Å². The highest BCUT2D eigenvalue weighted by Crippen LogP contribution is 2.24. The molecule has 0 atom stereocenters. The van der Waals surface area contributed by atoms with E-state index in [0.717, 1.165) is 18.2 Å². The zero-order chi connectivity index (χ0) is 15.5. The fraction of sp³-hybridized carbons (Fsp3) is 0.333. The van der Waals surface area contributed by atoms with E-state index in [1.165, 1.54) is 0 Å². The van der Waals surface area contributed by atoms with Crippen molar-refractivity contribution in [2.75, 3.05) is 0 Å². The molecule has 0 N–H and O–H groups in total. The van der Waals surface area contributed by atoms with Gasteiger partial charge in [-0.3, -0.25) is 10.1 Å². The molecule has 0 aliphatic rings. The first-order valence-corrected chi connectivity index (χ1v) is 5.51. The fourth-order valence-corrected chi connectivity index (χ4v) is 1.27. The average molecular weight is 282 g/mol. The summed E-state index contributed by atoms with van der Waals surface area (Å²) >= 11 is 0. The molecule has 0 amide bonds. The second-order valence-corrected chi connectivity index (χ2v) is 4.79. The largest absolute Gasteiger partial charge is 0.545 e. The second-order valence-electron chi connectivity index (χ2n) is 4.79. The van der Waals surface area contributed by atoms with Crippen molar-refractivity contribution in [1.29, 1.82) is 0 Å². The number of carbonyl (C=O) groups is 2. The molecule has 0 bridgehead atoms. The molecule has 1 aromatic carbocycles. The minimum Gasteiger partial charge on any atom is -0.545 e. The molecule has 108 valence electrons. The van der Waals surface area contributed by atoms with Crippen molar-refractivity contribution < 1.29 is 29.1 Å². The molecule has 0 aliphatic heterocycles. The number of nitrogens with zero attached hydrogens (tertiary/aromatic N) is 1. The van der Waals surface area contributed by atoms with Gasteiger partial charge in [0.2, 0.25) is 0 Å². The number of rotatable bonds is 3. The number of carboxylic acid groups (broad SMARTS) is 1. The Bertz CT molecular complexity index is 559. The van der Waals surface area contributed by atoms with Crippen LogP contribution in [0, 0.1) is 10.1 Å². The Balaban J connectivity index is 2.99. The SMILES string of the molecule is CC(C)(C)OC(=O)Oc1ccc([N+](=O)[O-])c(C(=O)[O-])c1. The Kier molecular flexibility index (Phi) is 4.28. The number of ether oxygens (including phenoxy) is 2. The standard InChI is InChI=1S/C12H13NO7/c1-12(2,3)20-11(16)19-7-4-5-9(13(17)18)8(6-7)10(14)15/h4-6H,1-3H3,(H,14,15)/p-1. The van der Waals surface area contributed by atoms with Crippen molar-refractivity contribution in [3.8, 4) is 5.75 Å². The molecule has 1 aromatic rings. The van der Waals surface area contributed by atoms with Crippen LogP contribution >= 0.6 is 0 Å². The second kappa shape index (κ2) is 5.55. The summed E-state index contributed by atoms with van der Waals surface area (Å²) in [5.41, 5.74) is -2.12. The number of carbonyl (C=O) groups excluding carboxylic acids is 2. The molecule has 0 saturated carbocycles. The van der Waals surface area contributed by atoms with Gasteiger partial charge in [0.15, 0.2) is 0 Å². The van der Waals surface area contributed by atoms with Crippen LogP contribution in [0.5, 0.6) is 5.75 Å². The third-order valence-corrected chi connectivity index (χ3v) is 1.98. The zero-order valence-electron chi connectivity index (χ0n) is 11.0. The Morgan fingerprint density at radius 2 is 1.85 bits per heavy atom. The van der Waals surface area contributed by atoms with Crippen molar-refractivity contribution in [2.45, 2.75) is 26.4 Å². The first kappa shape index (κ1) is 15.4. The first-order valence-electron chi connectivity index (χ1n) is 5.51. The maximum atomic E-state index is 11.4. The van der Waals surface area contributed by atoms with E-state index in [-0.39, 0.29) is 5.75 Å². The van der Waals surface area contributed by atoms with Crippen LogP contribution in [0.25, 0.3) is 0 Å². The van der Waals surface area contributed by atoms with Gasteiger partial charge in [0.05, 0.1) is 16.5 Å². The van der Waals surface area contributed by atoms with Crippen molar-refractivity contribution in [3.63, 3.8) is 0 Å². The number of benzene rings is 1. The molecule has 20 heavy (non-hydrogen) atoms. The summed E-state index contributed by atoms with van der Waals surface area (Å²) in [6.07, 6.45) is -1.05. The van der Waals surface area contributed by atoms with E-state index in [0.29, 0.717) is 0 Å². The molecule has 0 aliphatic carbocycles.